The molecule has 482 valence electrons. The number of thiophene rings is 3. The van der Waals surface area contributed by atoms with Crippen molar-refractivity contribution < 1.29 is 66.1 Å². The van der Waals surface area contributed by atoms with Gasteiger partial charge in [-0.05, 0) is 110 Å². The summed E-state index contributed by atoms with van der Waals surface area (Å²) >= 11 is 21.3. The minimum atomic E-state index is -3.90. The average molecular weight is 1430 g/mol. The predicted molar refractivity (Wildman–Crippen MR) is 339 cm³/mol. The highest BCUT2D eigenvalue weighted by Gasteiger charge is 2.44. The maximum atomic E-state index is 13.3. The first-order valence-electron chi connectivity index (χ1n) is 26.2. The van der Waals surface area contributed by atoms with E-state index in [9.17, 15) is 52.8 Å². The number of halogens is 6. The summed E-state index contributed by atoms with van der Waals surface area (Å²) in [4.78, 5) is 54.7. The Kier molecular flexibility index (Phi) is 21.4. The highest BCUT2D eigenvalue weighted by molar-refractivity contribution is 7.87. The van der Waals surface area contributed by atoms with E-state index in [1.165, 1.54) is 111 Å². The van der Waals surface area contributed by atoms with Gasteiger partial charge in [-0.1, -0.05) is 42.2 Å². The number of rotatable bonds is 12. The molecule has 3 aliphatic heterocycles. The fourth-order valence-corrected chi connectivity index (χ4v) is 17.0. The fourth-order valence-electron chi connectivity index (χ4n) is 9.32. The third kappa shape index (κ3) is 15.9. The summed E-state index contributed by atoms with van der Waals surface area (Å²) in [6.45, 7) is 0. The quantitative estimate of drug-likeness (QED) is 0.0662. The number of oxazole rings is 3. The second-order valence-corrected chi connectivity index (χ2v) is 29.7. The van der Waals surface area contributed by atoms with Gasteiger partial charge in [0.25, 0.3) is 30.6 Å². The molecule has 0 saturated carbocycles. The van der Waals surface area contributed by atoms with Gasteiger partial charge in [0.15, 0.2) is 36.5 Å². The SMILES string of the molecule is C.CN1C(C(=O)Nc2ccc(F)c(Cl)c2)CC(c2ccc(-c3cnco3)s2)NS1(=O)=O.CN1[C@@H](C(=O)Nc2ccc(F)c(Cl)c2)C[C@@H](c2ccc(-c3cnco3)s2)NS1(=O)=O.CN1[C@H](C(=O)Nc2ccc(F)c(Cl)c2)C[C@H](c2ccc(-c3cnco3)s2)NS1(=O)=O. The second kappa shape index (κ2) is 28.5. The van der Waals surface area contributed by atoms with Gasteiger partial charge in [-0.3, -0.25) is 14.4 Å². The highest BCUT2D eigenvalue weighted by atomic mass is 35.5. The highest BCUT2D eigenvalue weighted by Crippen LogP contribution is 2.40. The van der Waals surface area contributed by atoms with Crippen molar-refractivity contribution in [3.63, 3.8) is 0 Å². The minimum absolute atomic E-state index is 0. The van der Waals surface area contributed by atoms with E-state index < -0.39 is 102 Å². The summed E-state index contributed by atoms with van der Waals surface area (Å²) in [5.74, 6) is -1.74. The zero-order valence-electron chi connectivity index (χ0n) is 46.5. The van der Waals surface area contributed by atoms with E-state index >= 15 is 0 Å². The van der Waals surface area contributed by atoms with Crippen LogP contribution in [0.4, 0.5) is 30.2 Å². The Hall–Kier alpha value is -6.93. The first-order chi connectivity index (χ1) is 42.7. The van der Waals surface area contributed by atoms with Gasteiger partial charge in [0.1, 0.15) is 35.6 Å². The number of nitrogens with one attached hydrogen (secondary N) is 6. The average Bonchev–Trinajstić information content (AvgIpc) is 1.75. The maximum absolute atomic E-state index is 13.3. The van der Waals surface area contributed by atoms with Crippen molar-refractivity contribution in [2.24, 2.45) is 0 Å². The van der Waals surface area contributed by atoms with E-state index in [-0.39, 0.29) is 58.8 Å². The van der Waals surface area contributed by atoms with Crippen LogP contribution in [-0.4, -0.2) is 110 Å². The predicted octanol–water partition coefficient (Wildman–Crippen LogP) is 10.9. The topological polar surface area (TPSA) is 314 Å². The van der Waals surface area contributed by atoms with Crippen LogP contribution >= 0.6 is 68.8 Å². The van der Waals surface area contributed by atoms with E-state index in [1.807, 2.05) is 18.2 Å². The molecule has 24 nitrogen and oxygen atoms in total. The summed E-state index contributed by atoms with van der Waals surface area (Å²) in [5.41, 5.74) is 0.822. The van der Waals surface area contributed by atoms with Gasteiger partial charge < -0.3 is 29.2 Å². The van der Waals surface area contributed by atoms with Crippen LogP contribution in [0, 0.1) is 17.5 Å². The molecule has 6 atom stereocenters. The molecule has 0 spiro atoms. The molecular weight excluding hydrogens is 1380 g/mol. The number of benzene rings is 3. The monoisotopic (exact) mass is 1430 g/mol. The first-order valence-corrected chi connectivity index (χ1v) is 34.1. The number of aromatic nitrogens is 3. The molecule has 0 bridgehead atoms. The lowest BCUT2D eigenvalue weighted by Gasteiger charge is -2.35. The van der Waals surface area contributed by atoms with E-state index in [0.717, 1.165) is 60.4 Å². The van der Waals surface area contributed by atoms with Crippen molar-refractivity contribution in [2.75, 3.05) is 37.1 Å². The van der Waals surface area contributed by atoms with Crippen molar-refractivity contribution in [3.8, 4) is 31.9 Å². The van der Waals surface area contributed by atoms with Crippen molar-refractivity contribution in [1.82, 2.24) is 42.0 Å². The number of hydrogen-bond acceptors (Lipinski definition) is 18. The van der Waals surface area contributed by atoms with Crippen LogP contribution in [-0.2, 0) is 45.0 Å². The summed E-state index contributed by atoms with van der Waals surface area (Å²) < 4.78 is 142. The van der Waals surface area contributed by atoms with Crippen molar-refractivity contribution >= 4 is 134 Å². The van der Waals surface area contributed by atoms with Gasteiger partial charge in [0.05, 0.1) is 66.4 Å². The van der Waals surface area contributed by atoms with Crippen LogP contribution < -0.4 is 30.1 Å². The molecule has 2 unspecified atom stereocenters. The number of carbonyl (C=O) groups excluding carboxylic acids is 3. The summed E-state index contributed by atoms with van der Waals surface area (Å²) in [6, 6.07) is 17.3. The van der Waals surface area contributed by atoms with Crippen molar-refractivity contribution in [3.05, 3.63) is 176 Å². The Labute approximate surface area is 546 Å². The number of carbonyl (C=O) groups is 3. The van der Waals surface area contributed by atoms with Gasteiger partial charge >= 0.3 is 0 Å². The summed E-state index contributed by atoms with van der Waals surface area (Å²) in [6.07, 6.45) is 9.25. The second-order valence-electron chi connectivity index (χ2n) is 19.9. The largest absolute Gasteiger partial charge is 0.443 e. The van der Waals surface area contributed by atoms with Crippen LogP contribution in [0.5, 0.6) is 0 Å². The molecule has 3 fully saturated rings. The minimum Gasteiger partial charge on any atom is -0.443 e. The smallest absolute Gasteiger partial charge is 0.280 e. The summed E-state index contributed by atoms with van der Waals surface area (Å²) in [5, 5.41) is 7.38. The third-order valence-electron chi connectivity index (χ3n) is 14.1. The zero-order valence-corrected chi connectivity index (χ0v) is 53.7. The Balaban J connectivity index is 0.000000161. The lowest BCUT2D eigenvalue weighted by atomic mass is 10.1. The molecule has 3 aliphatic rings. The molecule has 9 heterocycles. The third-order valence-corrected chi connectivity index (χ3v) is 23.4. The molecule has 3 saturated heterocycles. The summed E-state index contributed by atoms with van der Waals surface area (Å²) in [7, 11) is -7.71. The van der Waals surface area contributed by atoms with Crippen LogP contribution in [0.2, 0.25) is 15.1 Å². The Morgan fingerprint density at radius 3 is 0.967 bits per heavy atom. The van der Waals surface area contributed by atoms with Gasteiger partial charge in [-0.2, -0.15) is 52.3 Å². The van der Waals surface area contributed by atoms with Crippen LogP contribution in [0.1, 0.15) is 59.4 Å². The normalized spacial score (nSPS) is 21.2. The maximum Gasteiger partial charge on any atom is 0.280 e. The van der Waals surface area contributed by atoms with E-state index in [2.05, 4.69) is 45.1 Å². The molecule has 6 N–H and O–H groups in total. The molecular formula is C55H52Cl3F3N12O12S6. The van der Waals surface area contributed by atoms with Crippen molar-refractivity contribution in [2.45, 2.75) is 62.9 Å². The van der Waals surface area contributed by atoms with Crippen molar-refractivity contribution in [1.29, 1.82) is 0 Å². The van der Waals surface area contributed by atoms with Gasteiger partial charge in [-0.15, -0.1) is 34.0 Å². The number of hydrogen-bond donors (Lipinski definition) is 6. The standard InChI is InChI=1S/3C18H16ClFN4O4S2.CH4/c3*1-24-14(18(25)22-10-2-3-12(20)11(19)6-10)7-13(23-30(24,26)27)16-4-5-17(29-16)15-8-21-9-28-15;/h3*2-6,8-9,13-14,23H,7H2,1H3,(H,22,25);1H4/t2*13-,14+;;/m10../s1. The molecule has 0 aliphatic carbocycles. The first kappa shape index (κ1) is 68.4. The van der Waals surface area contributed by atoms with E-state index in [1.54, 1.807) is 36.8 Å². The molecule has 12 rings (SSSR count). The Morgan fingerprint density at radius 1 is 0.473 bits per heavy atom. The number of likely N-dealkylation sites (N-methyl/N-ethyl adjacent to an activating group) is 3. The molecule has 91 heavy (non-hydrogen) atoms. The molecule has 3 aromatic carbocycles. The van der Waals surface area contributed by atoms with Crippen LogP contribution in [0.15, 0.2) is 142 Å². The number of anilines is 3. The molecule has 36 heteroatoms. The molecule has 6 aromatic heterocycles. The lowest BCUT2D eigenvalue weighted by Crippen LogP contribution is -2.55. The van der Waals surface area contributed by atoms with Gasteiger partial charge in [0, 0.05) is 52.8 Å². The van der Waals surface area contributed by atoms with Crippen LogP contribution in [0.3, 0.4) is 0 Å². The number of amides is 3. The molecule has 3 amide bonds. The number of nitrogens with zero attached hydrogens (tertiary/aromatic N) is 6. The molecule has 9 aromatic rings. The van der Waals surface area contributed by atoms with E-state index in [0.29, 0.717) is 17.3 Å². The Morgan fingerprint density at radius 2 is 0.736 bits per heavy atom. The fraction of sp³-hybridized carbons (Fsp3) is 0.236. The molecule has 0 radical (unpaired) electrons. The van der Waals surface area contributed by atoms with Gasteiger partial charge in [-0.25, -0.2) is 28.1 Å². The van der Waals surface area contributed by atoms with Crippen LogP contribution in [0.25, 0.3) is 31.9 Å². The lowest BCUT2D eigenvalue weighted by molar-refractivity contribution is -0.120. The van der Waals surface area contributed by atoms with E-state index in [4.69, 9.17) is 48.1 Å². The zero-order chi connectivity index (χ0) is 64.4. The van der Waals surface area contributed by atoms with Gasteiger partial charge in [0.2, 0.25) is 17.7 Å². The Bertz CT molecular complexity index is 3990.